The van der Waals surface area contributed by atoms with E-state index in [0.717, 1.165) is 47.4 Å². The van der Waals surface area contributed by atoms with Crippen molar-refractivity contribution in [2.75, 3.05) is 12.4 Å². The molecule has 0 spiro atoms. The van der Waals surface area contributed by atoms with Crippen LogP contribution in [0.4, 0.5) is 0 Å². The van der Waals surface area contributed by atoms with Gasteiger partial charge in [-0.3, -0.25) is 0 Å². The number of carbonyl (C=O) groups is 1. The van der Waals surface area contributed by atoms with Crippen LogP contribution in [0.2, 0.25) is 0 Å². The van der Waals surface area contributed by atoms with Crippen LogP contribution in [0.15, 0.2) is 62.5 Å². The minimum atomic E-state index is -0.604. The van der Waals surface area contributed by atoms with Gasteiger partial charge in [0, 0.05) is 16.4 Å². The number of ether oxygens (including phenoxy) is 1. The highest BCUT2D eigenvalue weighted by Crippen LogP contribution is 2.47. The van der Waals surface area contributed by atoms with Gasteiger partial charge in [0.15, 0.2) is 0 Å². The van der Waals surface area contributed by atoms with E-state index < -0.39 is 11.9 Å². The third-order valence-corrected chi connectivity index (χ3v) is 8.35. The van der Waals surface area contributed by atoms with Crippen molar-refractivity contribution in [3.05, 3.63) is 79.9 Å². The molecule has 2 N–H and O–H groups in total. The van der Waals surface area contributed by atoms with E-state index in [1.54, 1.807) is 6.92 Å². The Labute approximate surface area is 214 Å². The molecule has 8 heteroatoms. The van der Waals surface area contributed by atoms with Gasteiger partial charge in [-0.25, -0.2) is 9.78 Å². The van der Waals surface area contributed by atoms with Gasteiger partial charge < -0.3 is 10.5 Å². The molecule has 1 aliphatic carbocycles. The van der Waals surface area contributed by atoms with Crippen LogP contribution in [0.25, 0.3) is 0 Å². The number of nitrogens with two attached hydrogens (primary N) is 1. The molecule has 1 aliphatic heterocycles. The van der Waals surface area contributed by atoms with Crippen molar-refractivity contribution in [2.24, 2.45) is 5.73 Å². The fourth-order valence-electron chi connectivity index (χ4n) is 4.45. The van der Waals surface area contributed by atoms with Crippen molar-refractivity contribution in [1.82, 2.24) is 4.98 Å². The number of pyridine rings is 1. The predicted octanol–water partition coefficient (Wildman–Crippen LogP) is 5.36. The van der Waals surface area contributed by atoms with Crippen LogP contribution in [-0.2, 0) is 22.4 Å². The van der Waals surface area contributed by atoms with Gasteiger partial charge in [-0.15, -0.1) is 0 Å². The van der Waals surface area contributed by atoms with Gasteiger partial charge >= 0.3 is 5.97 Å². The smallest absolute Gasteiger partial charge is 0.335 e. The first-order chi connectivity index (χ1) is 17.1. The van der Waals surface area contributed by atoms with Gasteiger partial charge in [0.1, 0.15) is 11.1 Å². The fourth-order valence-corrected chi connectivity index (χ4v) is 6.57. The quantitative estimate of drug-likeness (QED) is 0.319. The molecule has 0 unspecified atom stereocenters. The molecule has 35 heavy (non-hydrogen) atoms. The van der Waals surface area contributed by atoms with Crippen molar-refractivity contribution in [3.8, 4) is 12.1 Å². The van der Waals surface area contributed by atoms with Crippen LogP contribution in [0, 0.1) is 22.7 Å². The summed E-state index contributed by atoms with van der Waals surface area (Å²) >= 11 is 2.65. The Balaban J connectivity index is 1.74. The third-order valence-electron chi connectivity index (χ3n) is 6.10. The second kappa shape index (κ2) is 11.5. The second-order valence-corrected chi connectivity index (χ2v) is 10.4. The monoisotopic (exact) mass is 502 g/mol. The lowest BCUT2D eigenvalue weighted by molar-refractivity contribution is -0.138. The number of esters is 1. The Morgan fingerprint density at radius 3 is 2.69 bits per heavy atom. The van der Waals surface area contributed by atoms with Crippen molar-refractivity contribution in [1.29, 1.82) is 10.5 Å². The summed E-state index contributed by atoms with van der Waals surface area (Å²) in [4.78, 5) is 18.8. The van der Waals surface area contributed by atoms with Gasteiger partial charge in [0.25, 0.3) is 0 Å². The molecule has 4 rings (SSSR count). The number of aromatic nitrogens is 1. The molecule has 6 nitrogen and oxygen atoms in total. The molecule has 0 bridgehead atoms. The molecule has 2 heterocycles. The highest BCUT2D eigenvalue weighted by Gasteiger charge is 2.36. The summed E-state index contributed by atoms with van der Waals surface area (Å²) in [5.74, 6) is -0.671. The fraction of sp³-hybridized carbons (Fsp3) is 0.333. The number of benzene rings is 1. The Kier molecular flexibility index (Phi) is 8.17. The minimum Gasteiger partial charge on any atom is -0.463 e. The maximum atomic E-state index is 13.2. The van der Waals surface area contributed by atoms with E-state index in [9.17, 15) is 15.3 Å². The number of thioether (sulfide) groups is 2. The number of carbonyl (C=O) groups excluding carboxylic acids is 1. The normalized spacial score (nSPS) is 17.7. The summed E-state index contributed by atoms with van der Waals surface area (Å²) in [6.45, 7) is 1.98. The maximum absolute atomic E-state index is 13.2. The lowest BCUT2D eigenvalue weighted by atomic mass is 9.84. The van der Waals surface area contributed by atoms with Crippen molar-refractivity contribution >= 4 is 29.5 Å². The maximum Gasteiger partial charge on any atom is 0.335 e. The zero-order valence-electron chi connectivity index (χ0n) is 19.5. The molecule has 178 valence electrons. The Morgan fingerprint density at radius 1 is 1.20 bits per heavy atom. The summed E-state index contributed by atoms with van der Waals surface area (Å²) in [5.41, 5.74) is 10.7. The average molecular weight is 503 g/mol. The Morgan fingerprint density at radius 2 is 1.97 bits per heavy atom. The summed E-state index contributed by atoms with van der Waals surface area (Å²) < 4.78 is 5.42. The van der Waals surface area contributed by atoms with Crippen LogP contribution >= 0.6 is 23.5 Å². The molecular formula is C27H26N4O2S2. The lowest BCUT2D eigenvalue weighted by Gasteiger charge is -2.28. The zero-order valence-corrected chi connectivity index (χ0v) is 21.2. The molecule has 0 radical (unpaired) electrons. The van der Waals surface area contributed by atoms with Gasteiger partial charge in [0.05, 0.1) is 40.3 Å². The number of fused-ring (bicyclic) bond motifs is 1. The average Bonchev–Trinajstić information content (AvgIpc) is 3.11. The van der Waals surface area contributed by atoms with Gasteiger partial charge in [-0.05, 0) is 49.8 Å². The van der Waals surface area contributed by atoms with Crippen LogP contribution < -0.4 is 5.73 Å². The van der Waals surface area contributed by atoms with Crippen LogP contribution in [-0.4, -0.2) is 23.3 Å². The van der Waals surface area contributed by atoms with Crippen molar-refractivity contribution in [3.63, 3.8) is 0 Å². The number of aryl methyl sites for hydroxylation is 2. The highest BCUT2D eigenvalue weighted by atomic mass is 32.2. The molecule has 0 saturated heterocycles. The Hall–Kier alpha value is -3.20. The highest BCUT2D eigenvalue weighted by molar-refractivity contribution is 8.08. The minimum absolute atomic E-state index is 0.223. The van der Waals surface area contributed by atoms with E-state index in [4.69, 9.17) is 15.5 Å². The Bertz CT molecular complexity index is 1270. The number of hydrogen-bond acceptors (Lipinski definition) is 8. The number of nitrogens with zero attached hydrogens (tertiary/aromatic N) is 3. The molecule has 0 amide bonds. The summed E-state index contributed by atoms with van der Waals surface area (Å²) in [6.07, 6.45) is 5.25. The molecular weight excluding hydrogens is 476 g/mol. The van der Waals surface area contributed by atoms with Crippen LogP contribution in [0.1, 0.15) is 54.5 Å². The molecule has 0 fully saturated rings. The third kappa shape index (κ3) is 5.40. The van der Waals surface area contributed by atoms with Gasteiger partial charge in [0.2, 0.25) is 0 Å². The predicted molar refractivity (Wildman–Crippen MR) is 138 cm³/mol. The molecule has 0 saturated carbocycles. The number of rotatable bonds is 6. The van der Waals surface area contributed by atoms with Gasteiger partial charge in [-0.2, -0.15) is 10.5 Å². The van der Waals surface area contributed by atoms with Crippen LogP contribution in [0.5, 0.6) is 0 Å². The van der Waals surface area contributed by atoms with E-state index in [-0.39, 0.29) is 6.61 Å². The first kappa shape index (κ1) is 24.9. The van der Waals surface area contributed by atoms with E-state index in [0.29, 0.717) is 32.5 Å². The zero-order chi connectivity index (χ0) is 24.8. The molecule has 2 aromatic rings. The molecule has 1 aromatic heterocycles. The SMILES string of the molecule is CCOC(=O)C1=C(CSc2nc3c(cc2C#N)CCCCC3)SC(N)=C(C#N)[C@H]1c1ccccc1. The van der Waals surface area contributed by atoms with E-state index in [1.165, 1.54) is 29.9 Å². The van der Waals surface area contributed by atoms with Crippen molar-refractivity contribution in [2.45, 2.75) is 50.0 Å². The van der Waals surface area contributed by atoms with Crippen molar-refractivity contribution < 1.29 is 9.53 Å². The summed E-state index contributed by atoms with van der Waals surface area (Å²) in [6, 6.07) is 15.9. The second-order valence-electron chi connectivity index (χ2n) is 8.30. The molecule has 1 atom stereocenters. The summed E-state index contributed by atoms with van der Waals surface area (Å²) in [5, 5.41) is 20.7. The first-order valence-electron chi connectivity index (χ1n) is 11.7. The number of nitriles is 2. The van der Waals surface area contributed by atoms with E-state index >= 15 is 0 Å². The summed E-state index contributed by atoms with van der Waals surface area (Å²) in [7, 11) is 0. The molecule has 1 aromatic carbocycles. The van der Waals surface area contributed by atoms with Gasteiger partial charge in [-0.1, -0.05) is 60.3 Å². The lowest BCUT2D eigenvalue weighted by Crippen LogP contribution is -2.23. The topological polar surface area (TPSA) is 113 Å². The van der Waals surface area contributed by atoms with E-state index in [2.05, 4.69) is 12.1 Å². The standard InChI is InChI=1S/C27H26N4O2S2/c1-2-33-27(32)24-22(35-25(30)20(15-29)23(24)17-9-5-3-6-10-17)16-34-26-19(14-28)13-18-11-7-4-8-12-21(18)31-26/h3,5-6,9-10,13,23H,2,4,7-8,11-12,16,30H2,1H3/t23-/m1/s1. The number of allylic oxidation sites excluding steroid dienone is 1. The first-order valence-corrected chi connectivity index (χ1v) is 13.5. The van der Waals surface area contributed by atoms with E-state index in [1.807, 2.05) is 36.4 Å². The molecule has 2 aliphatic rings. The largest absolute Gasteiger partial charge is 0.463 e. The van der Waals surface area contributed by atoms with Crippen LogP contribution in [0.3, 0.4) is 0 Å². The number of hydrogen-bond donors (Lipinski definition) is 1.